The van der Waals surface area contributed by atoms with Gasteiger partial charge in [0.05, 0.1) is 27.1 Å². The first-order valence-electron chi connectivity index (χ1n) is 5.07. The number of carboxylic acid groups (broad SMARTS) is 2. The highest BCUT2D eigenvalue weighted by atomic mass is 35.5. The lowest BCUT2D eigenvalue weighted by molar-refractivity contribution is -0.384. The van der Waals surface area contributed by atoms with Gasteiger partial charge in [-0.2, -0.15) is 0 Å². The Bertz CT molecular complexity index is 554. The van der Waals surface area contributed by atoms with Gasteiger partial charge in [0.1, 0.15) is 6.04 Å². The summed E-state index contributed by atoms with van der Waals surface area (Å²) in [6, 6.07) is 0.495. The highest BCUT2D eigenvalue weighted by molar-refractivity contribution is 6.39. The Balaban J connectivity index is 3.10. The molecule has 1 aromatic carbocycles. The lowest BCUT2D eigenvalue weighted by Crippen LogP contribution is -2.32. The van der Waals surface area contributed by atoms with Crippen molar-refractivity contribution in [3.8, 4) is 0 Å². The van der Waals surface area contributed by atoms with E-state index >= 15 is 0 Å². The standard InChI is InChI=1S/C10H8Cl2N2O6/c11-5-1-4(14(19)20)2-6(12)9(5)13-7(10(17)18)3-8(15)16/h1-2,7,13H,3H2,(H,15,16)(H,17,18). The van der Waals surface area contributed by atoms with Crippen LogP contribution in [0.2, 0.25) is 10.0 Å². The lowest BCUT2D eigenvalue weighted by atomic mass is 10.2. The average molecular weight is 323 g/mol. The Morgan fingerprint density at radius 3 is 2.15 bits per heavy atom. The molecule has 0 aromatic heterocycles. The van der Waals surface area contributed by atoms with Gasteiger partial charge in [-0.1, -0.05) is 23.2 Å². The average Bonchev–Trinajstić information content (AvgIpc) is 2.30. The zero-order chi connectivity index (χ0) is 15.4. The van der Waals surface area contributed by atoms with E-state index in [2.05, 4.69) is 5.32 Å². The Morgan fingerprint density at radius 2 is 1.80 bits per heavy atom. The van der Waals surface area contributed by atoms with Crippen LogP contribution in [-0.2, 0) is 9.59 Å². The van der Waals surface area contributed by atoms with Gasteiger partial charge in [0, 0.05) is 12.1 Å². The second-order valence-corrected chi connectivity index (χ2v) is 4.49. The van der Waals surface area contributed by atoms with Gasteiger partial charge in [0.15, 0.2) is 0 Å². The van der Waals surface area contributed by atoms with Crippen LogP contribution in [0.15, 0.2) is 12.1 Å². The smallest absolute Gasteiger partial charge is 0.326 e. The molecule has 0 fully saturated rings. The molecule has 0 aliphatic carbocycles. The molecule has 1 aromatic rings. The minimum atomic E-state index is -1.47. The summed E-state index contributed by atoms with van der Waals surface area (Å²) < 4.78 is 0. The van der Waals surface area contributed by atoms with Gasteiger partial charge in [-0.3, -0.25) is 14.9 Å². The maximum atomic E-state index is 10.9. The molecule has 20 heavy (non-hydrogen) atoms. The number of anilines is 1. The van der Waals surface area contributed by atoms with Crippen LogP contribution in [0.5, 0.6) is 0 Å². The Kier molecular flexibility index (Phi) is 5.12. The first-order chi connectivity index (χ1) is 9.22. The molecule has 0 saturated heterocycles. The molecule has 0 aliphatic heterocycles. The minimum Gasteiger partial charge on any atom is -0.481 e. The number of nitrogens with zero attached hydrogens (tertiary/aromatic N) is 1. The quantitative estimate of drug-likeness (QED) is 0.540. The number of carboxylic acids is 2. The molecule has 0 heterocycles. The van der Waals surface area contributed by atoms with E-state index in [4.69, 9.17) is 33.4 Å². The van der Waals surface area contributed by atoms with Gasteiger partial charge in [-0.15, -0.1) is 0 Å². The molecule has 1 unspecified atom stereocenters. The van der Waals surface area contributed by atoms with Crippen molar-refractivity contribution in [2.75, 3.05) is 5.32 Å². The molecule has 3 N–H and O–H groups in total. The molecule has 0 aliphatic rings. The Hall–Kier alpha value is -2.06. The second kappa shape index (κ2) is 6.40. The number of hydrogen-bond donors (Lipinski definition) is 3. The van der Waals surface area contributed by atoms with Crippen LogP contribution in [0.3, 0.4) is 0 Å². The first-order valence-corrected chi connectivity index (χ1v) is 5.82. The highest BCUT2D eigenvalue weighted by Crippen LogP contribution is 2.35. The number of hydrogen-bond acceptors (Lipinski definition) is 5. The third-order valence-electron chi connectivity index (χ3n) is 2.23. The summed E-state index contributed by atoms with van der Waals surface area (Å²) in [5.41, 5.74) is -0.441. The summed E-state index contributed by atoms with van der Waals surface area (Å²) in [5.74, 6) is -2.75. The summed E-state index contributed by atoms with van der Waals surface area (Å²) in [6.45, 7) is 0. The second-order valence-electron chi connectivity index (χ2n) is 3.67. The fraction of sp³-hybridized carbons (Fsp3) is 0.200. The predicted molar refractivity (Wildman–Crippen MR) is 70.4 cm³/mol. The Labute approximate surface area is 122 Å². The van der Waals surface area contributed by atoms with E-state index in [1.54, 1.807) is 0 Å². The van der Waals surface area contributed by atoms with E-state index in [1.807, 2.05) is 0 Å². The third-order valence-corrected chi connectivity index (χ3v) is 2.83. The largest absolute Gasteiger partial charge is 0.481 e. The fourth-order valence-corrected chi connectivity index (χ4v) is 1.94. The van der Waals surface area contributed by atoms with Gasteiger partial charge in [-0.05, 0) is 0 Å². The van der Waals surface area contributed by atoms with Crippen molar-refractivity contribution in [3.63, 3.8) is 0 Å². The fourth-order valence-electron chi connectivity index (χ4n) is 1.35. The van der Waals surface area contributed by atoms with Crippen molar-refractivity contribution >= 4 is 46.5 Å². The normalized spacial score (nSPS) is 11.7. The molecule has 0 amide bonds. The number of nitro groups is 1. The van der Waals surface area contributed by atoms with Crippen molar-refractivity contribution in [1.82, 2.24) is 0 Å². The molecule has 0 spiro atoms. The van der Waals surface area contributed by atoms with E-state index in [-0.39, 0.29) is 21.4 Å². The molecule has 8 nitrogen and oxygen atoms in total. The van der Waals surface area contributed by atoms with E-state index < -0.39 is 29.3 Å². The van der Waals surface area contributed by atoms with Crippen molar-refractivity contribution in [3.05, 3.63) is 32.3 Å². The van der Waals surface area contributed by atoms with Crippen molar-refractivity contribution in [2.45, 2.75) is 12.5 Å². The van der Waals surface area contributed by atoms with Crippen molar-refractivity contribution in [2.24, 2.45) is 0 Å². The van der Waals surface area contributed by atoms with Crippen LogP contribution in [0.4, 0.5) is 11.4 Å². The SMILES string of the molecule is O=C(O)CC(Nc1c(Cl)cc([N+](=O)[O-])cc1Cl)C(=O)O. The molecule has 1 atom stereocenters. The molecule has 1 rings (SSSR count). The number of benzene rings is 1. The van der Waals surface area contributed by atoms with E-state index in [9.17, 15) is 19.7 Å². The lowest BCUT2D eigenvalue weighted by Gasteiger charge is -2.16. The van der Waals surface area contributed by atoms with Crippen molar-refractivity contribution in [1.29, 1.82) is 0 Å². The van der Waals surface area contributed by atoms with Crippen LogP contribution in [0.25, 0.3) is 0 Å². The summed E-state index contributed by atoms with van der Waals surface area (Å²) in [6.07, 6.45) is -0.709. The topological polar surface area (TPSA) is 130 Å². The van der Waals surface area contributed by atoms with Crippen molar-refractivity contribution < 1.29 is 24.7 Å². The zero-order valence-corrected chi connectivity index (χ0v) is 11.2. The van der Waals surface area contributed by atoms with E-state index in [1.165, 1.54) is 0 Å². The van der Waals surface area contributed by atoms with E-state index in [0.717, 1.165) is 12.1 Å². The van der Waals surface area contributed by atoms with E-state index in [0.29, 0.717) is 0 Å². The maximum absolute atomic E-state index is 10.9. The first kappa shape index (κ1) is 16.0. The highest BCUT2D eigenvalue weighted by Gasteiger charge is 2.24. The summed E-state index contributed by atoms with van der Waals surface area (Å²) >= 11 is 11.5. The molecule has 108 valence electrons. The van der Waals surface area contributed by atoms with Crippen LogP contribution < -0.4 is 5.32 Å². The van der Waals surface area contributed by atoms with Gasteiger partial charge in [0.25, 0.3) is 5.69 Å². The number of nitrogens with one attached hydrogen (secondary N) is 1. The minimum absolute atomic E-state index is 0.0763. The number of rotatable bonds is 6. The Morgan fingerprint density at radius 1 is 1.30 bits per heavy atom. The third kappa shape index (κ3) is 3.97. The van der Waals surface area contributed by atoms with Gasteiger partial charge < -0.3 is 15.5 Å². The molecule has 0 radical (unpaired) electrons. The van der Waals surface area contributed by atoms with Crippen LogP contribution in [0.1, 0.15) is 6.42 Å². The summed E-state index contributed by atoms with van der Waals surface area (Å²) in [7, 11) is 0. The number of carbonyl (C=O) groups is 2. The summed E-state index contributed by atoms with van der Waals surface area (Å²) in [4.78, 5) is 31.3. The van der Waals surface area contributed by atoms with Gasteiger partial charge >= 0.3 is 11.9 Å². The molecule has 0 saturated carbocycles. The van der Waals surface area contributed by atoms with Crippen LogP contribution in [0, 0.1) is 10.1 Å². The molecule has 0 bridgehead atoms. The molecular weight excluding hydrogens is 315 g/mol. The zero-order valence-electron chi connectivity index (χ0n) is 9.67. The number of aliphatic carboxylic acids is 2. The summed E-state index contributed by atoms with van der Waals surface area (Å²) in [5, 5.41) is 30.1. The number of halogens is 2. The monoisotopic (exact) mass is 322 g/mol. The molecule has 10 heteroatoms. The number of nitro benzene ring substituents is 1. The van der Waals surface area contributed by atoms with Crippen LogP contribution in [-0.4, -0.2) is 33.1 Å². The van der Waals surface area contributed by atoms with Gasteiger partial charge in [0.2, 0.25) is 0 Å². The predicted octanol–water partition coefficient (Wildman–Crippen LogP) is 2.24. The van der Waals surface area contributed by atoms with Gasteiger partial charge in [-0.25, -0.2) is 4.79 Å². The maximum Gasteiger partial charge on any atom is 0.326 e. The molecular formula is C10H8Cl2N2O6. The van der Waals surface area contributed by atoms with Crippen LogP contribution >= 0.6 is 23.2 Å². The number of non-ortho nitro benzene ring substituents is 1.